The molecular formula is C16H20ClN5O. The fourth-order valence-corrected chi connectivity index (χ4v) is 2.33. The molecule has 3 N–H and O–H groups in total. The minimum Gasteiger partial charge on any atom is -0.360 e. The molecular weight excluding hydrogens is 314 g/mol. The molecule has 1 saturated heterocycles. The maximum absolute atomic E-state index is 12.0. The molecule has 23 heavy (non-hydrogen) atoms. The van der Waals surface area contributed by atoms with Crippen molar-refractivity contribution in [3.63, 3.8) is 0 Å². The average molecular weight is 334 g/mol. The second-order valence-corrected chi connectivity index (χ2v) is 5.61. The molecule has 1 aliphatic rings. The van der Waals surface area contributed by atoms with Gasteiger partial charge in [0.15, 0.2) is 0 Å². The fourth-order valence-electron chi connectivity index (χ4n) is 2.21. The van der Waals surface area contributed by atoms with Gasteiger partial charge in [-0.15, -0.1) is 0 Å². The largest absolute Gasteiger partial charge is 0.360 e. The standard InChI is InChI=1S/C16H20ClN5O/c17-14-1-3-15(4-2-14)21-12-13(11-18)16(23)20-7-10-22-8-5-19-6-9-22/h1-4,12,19,21H,5-10H2,(H,20,23)/b13-12-. The number of carbonyl (C=O) groups excluding carboxylic acids is 1. The van der Waals surface area contributed by atoms with Crippen molar-refractivity contribution in [2.75, 3.05) is 44.6 Å². The van der Waals surface area contributed by atoms with E-state index in [1.807, 2.05) is 6.07 Å². The normalized spacial score (nSPS) is 15.7. The van der Waals surface area contributed by atoms with Gasteiger partial charge in [-0.25, -0.2) is 0 Å². The molecule has 6 nitrogen and oxygen atoms in total. The van der Waals surface area contributed by atoms with Crippen LogP contribution in [0.15, 0.2) is 36.0 Å². The molecule has 0 saturated carbocycles. The molecule has 1 aliphatic heterocycles. The second-order valence-electron chi connectivity index (χ2n) is 5.17. The first-order valence-corrected chi connectivity index (χ1v) is 7.90. The van der Waals surface area contributed by atoms with E-state index in [0.29, 0.717) is 11.6 Å². The molecule has 0 atom stereocenters. The van der Waals surface area contributed by atoms with Crippen molar-refractivity contribution in [2.24, 2.45) is 0 Å². The number of piperazine rings is 1. The molecule has 1 amide bonds. The fraction of sp³-hybridized carbons (Fsp3) is 0.375. The summed E-state index contributed by atoms with van der Waals surface area (Å²) in [5, 5.41) is 18.7. The summed E-state index contributed by atoms with van der Waals surface area (Å²) in [6.45, 7) is 5.23. The lowest BCUT2D eigenvalue weighted by atomic mass is 10.2. The Morgan fingerprint density at radius 3 is 2.70 bits per heavy atom. The van der Waals surface area contributed by atoms with E-state index in [9.17, 15) is 4.79 Å². The van der Waals surface area contributed by atoms with Crippen molar-refractivity contribution in [1.29, 1.82) is 5.26 Å². The third-order valence-electron chi connectivity index (χ3n) is 3.52. The van der Waals surface area contributed by atoms with E-state index in [1.165, 1.54) is 6.20 Å². The minimum absolute atomic E-state index is 0.0419. The Bertz CT molecular complexity index is 587. The molecule has 7 heteroatoms. The van der Waals surface area contributed by atoms with E-state index in [-0.39, 0.29) is 11.5 Å². The van der Waals surface area contributed by atoms with Gasteiger partial charge >= 0.3 is 0 Å². The Balaban J connectivity index is 1.79. The van der Waals surface area contributed by atoms with Crippen LogP contribution in [0, 0.1) is 11.3 Å². The number of amides is 1. The lowest BCUT2D eigenvalue weighted by molar-refractivity contribution is -0.117. The number of halogens is 1. The second kappa shape index (κ2) is 9.16. The summed E-state index contributed by atoms with van der Waals surface area (Å²) in [7, 11) is 0. The van der Waals surface area contributed by atoms with Crippen molar-refractivity contribution in [1.82, 2.24) is 15.5 Å². The van der Waals surface area contributed by atoms with Crippen molar-refractivity contribution in [2.45, 2.75) is 0 Å². The van der Waals surface area contributed by atoms with Crippen LogP contribution < -0.4 is 16.0 Å². The number of benzene rings is 1. The minimum atomic E-state index is -0.371. The van der Waals surface area contributed by atoms with Crippen LogP contribution in [-0.4, -0.2) is 50.1 Å². The zero-order valence-electron chi connectivity index (χ0n) is 12.8. The first-order chi connectivity index (χ1) is 11.2. The smallest absolute Gasteiger partial charge is 0.263 e. The summed E-state index contributed by atoms with van der Waals surface area (Å²) in [6, 6.07) is 8.92. The van der Waals surface area contributed by atoms with Crippen LogP contribution in [0.5, 0.6) is 0 Å². The van der Waals surface area contributed by atoms with Gasteiger partial charge in [-0.1, -0.05) is 11.6 Å². The van der Waals surface area contributed by atoms with Crippen molar-refractivity contribution in [3.8, 4) is 6.07 Å². The van der Waals surface area contributed by atoms with E-state index in [4.69, 9.17) is 16.9 Å². The van der Waals surface area contributed by atoms with Crippen LogP contribution >= 0.6 is 11.6 Å². The molecule has 0 aromatic heterocycles. The lowest BCUT2D eigenvalue weighted by Crippen LogP contribution is -2.46. The van der Waals surface area contributed by atoms with E-state index in [2.05, 4.69) is 20.9 Å². The van der Waals surface area contributed by atoms with Crippen LogP contribution in [0.1, 0.15) is 0 Å². The highest BCUT2D eigenvalue weighted by atomic mass is 35.5. The zero-order chi connectivity index (χ0) is 16.5. The number of hydrogen-bond donors (Lipinski definition) is 3. The predicted molar refractivity (Wildman–Crippen MR) is 91.1 cm³/mol. The van der Waals surface area contributed by atoms with Crippen molar-refractivity contribution < 1.29 is 4.79 Å². The van der Waals surface area contributed by atoms with Gasteiger partial charge < -0.3 is 16.0 Å². The van der Waals surface area contributed by atoms with Gasteiger partial charge in [0.25, 0.3) is 5.91 Å². The maximum Gasteiger partial charge on any atom is 0.263 e. The highest BCUT2D eigenvalue weighted by molar-refractivity contribution is 6.30. The quantitative estimate of drug-likeness (QED) is 0.538. The molecule has 1 aromatic carbocycles. The Hall–Kier alpha value is -2.07. The Kier molecular flexibility index (Phi) is 6.88. The van der Waals surface area contributed by atoms with E-state index < -0.39 is 0 Å². The number of rotatable bonds is 6. The van der Waals surface area contributed by atoms with Crippen LogP contribution in [0.25, 0.3) is 0 Å². The van der Waals surface area contributed by atoms with Gasteiger partial charge in [-0.3, -0.25) is 9.69 Å². The molecule has 122 valence electrons. The van der Waals surface area contributed by atoms with Crippen molar-refractivity contribution >= 4 is 23.2 Å². The van der Waals surface area contributed by atoms with Gasteiger partial charge in [0.2, 0.25) is 0 Å². The SMILES string of the molecule is N#C/C(=C/Nc1ccc(Cl)cc1)C(=O)NCCN1CCNCC1. The molecule has 1 heterocycles. The van der Waals surface area contributed by atoms with Crippen LogP contribution in [0.4, 0.5) is 5.69 Å². The van der Waals surface area contributed by atoms with Crippen molar-refractivity contribution in [3.05, 3.63) is 41.1 Å². The van der Waals surface area contributed by atoms with Gasteiger partial charge in [0.1, 0.15) is 11.6 Å². The highest BCUT2D eigenvalue weighted by Gasteiger charge is 2.11. The predicted octanol–water partition coefficient (Wildman–Crippen LogP) is 1.18. The highest BCUT2D eigenvalue weighted by Crippen LogP contribution is 2.13. The lowest BCUT2D eigenvalue weighted by Gasteiger charge is -2.27. The summed E-state index contributed by atoms with van der Waals surface area (Å²) < 4.78 is 0. The molecule has 1 aromatic rings. The first kappa shape index (κ1) is 17.3. The monoisotopic (exact) mass is 333 g/mol. The zero-order valence-corrected chi connectivity index (χ0v) is 13.6. The Labute approximate surface area is 141 Å². The summed E-state index contributed by atoms with van der Waals surface area (Å²) >= 11 is 5.81. The number of carbonyl (C=O) groups is 1. The third kappa shape index (κ3) is 5.91. The first-order valence-electron chi connectivity index (χ1n) is 7.52. The number of nitrogens with zero attached hydrogens (tertiary/aromatic N) is 2. The Morgan fingerprint density at radius 2 is 2.04 bits per heavy atom. The van der Waals surface area contributed by atoms with Gasteiger partial charge in [0, 0.05) is 56.2 Å². The number of anilines is 1. The summed E-state index contributed by atoms with van der Waals surface area (Å²) in [5.74, 6) is -0.371. The summed E-state index contributed by atoms with van der Waals surface area (Å²) in [5.41, 5.74) is 0.802. The topological polar surface area (TPSA) is 80.2 Å². The van der Waals surface area contributed by atoms with E-state index >= 15 is 0 Å². The summed E-state index contributed by atoms with van der Waals surface area (Å²) in [6.07, 6.45) is 1.41. The Morgan fingerprint density at radius 1 is 1.35 bits per heavy atom. The number of hydrogen-bond acceptors (Lipinski definition) is 5. The van der Waals surface area contributed by atoms with Crippen LogP contribution in [0.3, 0.4) is 0 Å². The van der Waals surface area contributed by atoms with Crippen LogP contribution in [-0.2, 0) is 4.79 Å². The number of nitriles is 1. The van der Waals surface area contributed by atoms with Gasteiger partial charge in [0.05, 0.1) is 0 Å². The molecule has 0 spiro atoms. The molecule has 2 rings (SSSR count). The molecule has 0 unspecified atom stereocenters. The van der Waals surface area contributed by atoms with E-state index in [0.717, 1.165) is 38.4 Å². The van der Waals surface area contributed by atoms with Gasteiger partial charge in [-0.2, -0.15) is 5.26 Å². The summed E-state index contributed by atoms with van der Waals surface area (Å²) in [4.78, 5) is 14.3. The maximum atomic E-state index is 12.0. The van der Waals surface area contributed by atoms with Crippen LogP contribution in [0.2, 0.25) is 5.02 Å². The van der Waals surface area contributed by atoms with Gasteiger partial charge in [-0.05, 0) is 24.3 Å². The molecule has 0 radical (unpaired) electrons. The average Bonchev–Trinajstić information content (AvgIpc) is 2.58. The molecule has 0 bridgehead atoms. The third-order valence-corrected chi connectivity index (χ3v) is 3.77. The molecule has 1 fully saturated rings. The number of nitrogens with one attached hydrogen (secondary N) is 3. The molecule has 0 aliphatic carbocycles. The van der Waals surface area contributed by atoms with E-state index in [1.54, 1.807) is 24.3 Å².